The van der Waals surface area contributed by atoms with Gasteiger partial charge in [0, 0.05) is 35.9 Å². The number of nitrogens with one attached hydrogen (secondary N) is 2. The zero-order valence-corrected chi connectivity index (χ0v) is 14.2. The van der Waals surface area contributed by atoms with Gasteiger partial charge in [-0.05, 0) is 12.1 Å². The third-order valence-corrected chi connectivity index (χ3v) is 3.81. The maximum Gasteiger partial charge on any atom is 0.254 e. The summed E-state index contributed by atoms with van der Waals surface area (Å²) in [5.41, 5.74) is 2.07. The van der Waals surface area contributed by atoms with Crippen LogP contribution in [0.4, 0.5) is 0 Å². The van der Waals surface area contributed by atoms with Crippen molar-refractivity contribution in [1.82, 2.24) is 35.5 Å². The normalized spacial score (nSPS) is 10.5. The number of carbonyl (C=O) groups excluding carboxylic acids is 1. The van der Waals surface area contributed by atoms with Gasteiger partial charge in [0.05, 0.1) is 12.1 Å². The zero-order chi connectivity index (χ0) is 18.5. The molecule has 0 saturated heterocycles. The molecule has 3 heterocycles. The van der Waals surface area contributed by atoms with Crippen molar-refractivity contribution in [2.24, 2.45) is 0 Å². The van der Waals surface area contributed by atoms with Gasteiger partial charge in [-0.25, -0.2) is 15.0 Å². The average molecular weight is 357 g/mol. The summed E-state index contributed by atoms with van der Waals surface area (Å²) in [6, 6.07) is 13.3. The molecule has 0 radical (unpaired) electrons. The predicted octanol–water partition coefficient (Wildman–Crippen LogP) is 2.25. The highest BCUT2D eigenvalue weighted by Gasteiger charge is 2.10. The van der Waals surface area contributed by atoms with Crippen LogP contribution in [0.2, 0.25) is 0 Å². The molecular weight excluding hydrogens is 342 g/mol. The number of hydrogen-bond donors (Lipinski definition) is 2. The Morgan fingerprint density at radius 2 is 1.70 bits per heavy atom. The second-order valence-electron chi connectivity index (χ2n) is 5.69. The molecule has 0 aliphatic rings. The van der Waals surface area contributed by atoms with Crippen LogP contribution < -0.4 is 5.32 Å². The molecule has 1 aromatic carbocycles. The number of carbonyl (C=O) groups is 1. The summed E-state index contributed by atoms with van der Waals surface area (Å²) in [5, 5.41) is 9.77. The molecule has 8 heteroatoms. The molecule has 132 valence electrons. The molecule has 0 atom stereocenters. The Morgan fingerprint density at radius 3 is 2.44 bits per heavy atom. The standard InChI is InChI=1S/C19H15N7O/c27-19(15-10-21-17(22-11-15)14-7-4-8-20-9-14)23-12-16-24-18(26-25-16)13-5-2-1-3-6-13/h1-11H,12H2,(H,23,27)(H,24,25,26). The number of H-pyrrole nitrogens is 1. The predicted molar refractivity (Wildman–Crippen MR) is 98.3 cm³/mol. The molecule has 4 rings (SSSR count). The van der Waals surface area contributed by atoms with Gasteiger partial charge in [-0.2, -0.15) is 5.10 Å². The summed E-state index contributed by atoms with van der Waals surface area (Å²) in [7, 11) is 0. The smallest absolute Gasteiger partial charge is 0.254 e. The first-order chi connectivity index (χ1) is 13.3. The second-order valence-corrected chi connectivity index (χ2v) is 5.69. The molecule has 0 aliphatic carbocycles. The molecule has 8 nitrogen and oxygen atoms in total. The van der Waals surface area contributed by atoms with Gasteiger partial charge in [0.25, 0.3) is 5.91 Å². The number of aromatic amines is 1. The lowest BCUT2D eigenvalue weighted by molar-refractivity contribution is 0.0949. The molecule has 0 bridgehead atoms. The maximum atomic E-state index is 12.3. The van der Waals surface area contributed by atoms with Crippen LogP contribution in [0.15, 0.2) is 67.3 Å². The molecular formula is C19H15N7O. The number of pyridine rings is 1. The second kappa shape index (κ2) is 7.52. The molecule has 2 N–H and O–H groups in total. The molecule has 0 spiro atoms. The highest BCUT2D eigenvalue weighted by molar-refractivity contribution is 5.93. The van der Waals surface area contributed by atoms with Crippen LogP contribution in [-0.2, 0) is 6.54 Å². The van der Waals surface area contributed by atoms with E-state index in [4.69, 9.17) is 0 Å². The van der Waals surface area contributed by atoms with Crippen molar-refractivity contribution in [3.8, 4) is 22.8 Å². The van der Waals surface area contributed by atoms with E-state index in [0.717, 1.165) is 11.1 Å². The first-order valence-electron chi connectivity index (χ1n) is 8.27. The maximum absolute atomic E-state index is 12.3. The van der Waals surface area contributed by atoms with E-state index in [1.807, 2.05) is 36.4 Å². The lowest BCUT2D eigenvalue weighted by Crippen LogP contribution is -2.23. The number of benzene rings is 1. The van der Waals surface area contributed by atoms with Crippen LogP contribution in [0.3, 0.4) is 0 Å². The van der Waals surface area contributed by atoms with E-state index in [2.05, 4.69) is 35.5 Å². The van der Waals surface area contributed by atoms with E-state index < -0.39 is 0 Å². The fourth-order valence-corrected chi connectivity index (χ4v) is 2.45. The van der Waals surface area contributed by atoms with Gasteiger partial charge in [0.2, 0.25) is 0 Å². The molecule has 4 aromatic rings. The van der Waals surface area contributed by atoms with Crippen LogP contribution in [0.25, 0.3) is 22.8 Å². The fraction of sp³-hybridized carbons (Fsp3) is 0.0526. The molecule has 3 aromatic heterocycles. The van der Waals surface area contributed by atoms with E-state index in [1.54, 1.807) is 18.5 Å². The third kappa shape index (κ3) is 3.84. The summed E-state index contributed by atoms with van der Waals surface area (Å²) in [6.45, 7) is 0.225. The first kappa shape index (κ1) is 16.5. The number of rotatable bonds is 5. The Bertz CT molecular complexity index is 1030. The molecule has 0 fully saturated rings. The van der Waals surface area contributed by atoms with Crippen LogP contribution in [0, 0.1) is 0 Å². The van der Waals surface area contributed by atoms with Crippen molar-refractivity contribution in [1.29, 1.82) is 0 Å². The monoisotopic (exact) mass is 357 g/mol. The lowest BCUT2D eigenvalue weighted by Gasteiger charge is -2.03. The Hall–Kier alpha value is -3.94. The third-order valence-electron chi connectivity index (χ3n) is 3.81. The minimum atomic E-state index is -0.287. The number of amides is 1. The van der Waals surface area contributed by atoms with Crippen molar-refractivity contribution in [2.75, 3.05) is 0 Å². The highest BCUT2D eigenvalue weighted by atomic mass is 16.1. The summed E-state index contributed by atoms with van der Waals surface area (Å²) in [5.74, 6) is 1.38. The van der Waals surface area contributed by atoms with Gasteiger partial charge in [0.1, 0.15) is 5.82 Å². The van der Waals surface area contributed by atoms with E-state index in [9.17, 15) is 4.79 Å². The molecule has 27 heavy (non-hydrogen) atoms. The van der Waals surface area contributed by atoms with Gasteiger partial charge in [-0.15, -0.1) is 0 Å². The van der Waals surface area contributed by atoms with Gasteiger partial charge in [-0.1, -0.05) is 30.3 Å². The van der Waals surface area contributed by atoms with Crippen molar-refractivity contribution >= 4 is 5.91 Å². The largest absolute Gasteiger partial charge is 0.345 e. The molecule has 0 aliphatic heterocycles. The molecule has 0 saturated carbocycles. The van der Waals surface area contributed by atoms with E-state index in [-0.39, 0.29) is 12.5 Å². The SMILES string of the molecule is O=C(NCc1nc(-c2ccccc2)n[nH]1)c1cnc(-c2cccnc2)nc1. The van der Waals surface area contributed by atoms with Crippen molar-refractivity contribution in [3.63, 3.8) is 0 Å². The summed E-state index contributed by atoms with van der Waals surface area (Å²) >= 11 is 0. The first-order valence-corrected chi connectivity index (χ1v) is 8.27. The van der Waals surface area contributed by atoms with Crippen molar-refractivity contribution < 1.29 is 4.79 Å². The van der Waals surface area contributed by atoms with Crippen molar-refractivity contribution in [2.45, 2.75) is 6.54 Å². The van der Waals surface area contributed by atoms with Crippen LogP contribution in [0.1, 0.15) is 16.2 Å². The lowest BCUT2D eigenvalue weighted by atomic mass is 10.2. The van der Waals surface area contributed by atoms with Crippen LogP contribution in [-0.4, -0.2) is 36.0 Å². The quantitative estimate of drug-likeness (QED) is 0.567. The van der Waals surface area contributed by atoms with Gasteiger partial charge >= 0.3 is 0 Å². The Morgan fingerprint density at radius 1 is 0.926 bits per heavy atom. The van der Waals surface area contributed by atoms with Gasteiger partial charge in [0.15, 0.2) is 11.6 Å². The zero-order valence-electron chi connectivity index (χ0n) is 14.2. The van der Waals surface area contributed by atoms with Gasteiger partial charge in [-0.3, -0.25) is 14.9 Å². The number of hydrogen-bond acceptors (Lipinski definition) is 6. The number of aromatic nitrogens is 6. The highest BCUT2D eigenvalue weighted by Crippen LogP contribution is 2.14. The molecule has 0 unspecified atom stereocenters. The minimum absolute atomic E-state index is 0.225. The number of nitrogens with zero attached hydrogens (tertiary/aromatic N) is 5. The average Bonchev–Trinajstić information content (AvgIpc) is 3.22. The van der Waals surface area contributed by atoms with Crippen LogP contribution >= 0.6 is 0 Å². The summed E-state index contributed by atoms with van der Waals surface area (Å²) in [6.07, 6.45) is 6.32. The minimum Gasteiger partial charge on any atom is -0.345 e. The summed E-state index contributed by atoms with van der Waals surface area (Å²) < 4.78 is 0. The van der Waals surface area contributed by atoms with Crippen LogP contribution in [0.5, 0.6) is 0 Å². The van der Waals surface area contributed by atoms with E-state index in [1.165, 1.54) is 12.4 Å². The Balaban J connectivity index is 1.39. The van der Waals surface area contributed by atoms with Crippen molar-refractivity contribution in [3.05, 3.63) is 78.6 Å². The molecule has 1 amide bonds. The van der Waals surface area contributed by atoms with Gasteiger partial charge < -0.3 is 5.32 Å². The Kier molecular flexibility index (Phi) is 4.60. The topological polar surface area (TPSA) is 109 Å². The summed E-state index contributed by atoms with van der Waals surface area (Å²) in [4.78, 5) is 29.1. The van der Waals surface area contributed by atoms with E-state index in [0.29, 0.717) is 23.0 Å². The Labute approximate surface area is 154 Å². The van der Waals surface area contributed by atoms with E-state index >= 15 is 0 Å². The fourth-order valence-electron chi connectivity index (χ4n) is 2.45.